The molecule has 1 aromatic heterocycles. The van der Waals surface area contributed by atoms with E-state index in [1.54, 1.807) is 24.3 Å². The number of benzene rings is 2. The van der Waals surface area contributed by atoms with Crippen molar-refractivity contribution in [3.63, 3.8) is 0 Å². The van der Waals surface area contributed by atoms with Crippen LogP contribution in [0.1, 0.15) is 6.42 Å². The summed E-state index contributed by atoms with van der Waals surface area (Å²) in [6.07, 6.45) is 2.24. The predicted molar refractivity (Wildman–Crippen MR) is 107 cm³/mol. The Morgan fingerprint density at radius 1 is 1.07 bits per heavy atom. The van der Waals surface area contributed by atoms with Gasteiger partial charge >= 0.3 is 5.69 Å². The van der Waals surface area contributed by atoms with E-state index in [9.17, 15) is 25.0 Å². The second-order valence-electron chi connectivity index (χ2n) is 6.05. The lowest BCUT2D eigenvalue weighted by Crippen LogP contribution is -2.15. The highest BCUT2D eigenvalue weighted by Crippen LogP contribution is 2.30. The van der Waals surface area contributed by atoms with Gasteiger partial charge in [0.2, 0.25) is 5.91 Å². The van der Waals surface area contributed by atoms with E-state index in [1.165, 1.54) is 29.1 Å². The van der Waals surface area contributed by atoms with Gasteiger partial charge in [-0.15, -0.1) is 0 Å². The van der Waals surface area contributed by atoms with Crippen LogP contribution in [0.3, 0.4) is 0 Å². The number of rotatable bonds is 8. The van der Waals surface area contributed by atoms with E-state index in [0.29, 0.717) is 10.8 Å². The second-order valence-corrected chi connectivity index (χ2v) is 6.48. The maximum Gasteiger partial charge on any atom is 0.306 e. The number of ether oxygens (including phenoxy) is 1. The molecule has 0 unspecified atom stereocenters. The number of aromatic nitrogens is 2. The summed E-state index contributed by atoms with van der Waals surface area (Å²) in [6, 6.07) is 10.3. The molecule has 0 saturated carbocycles. The summed E-state index contributed by atoms with van der Waals surface area (Å²) in [5, 5.41) is 28.7. The fourth-order valence-corrected chi connectivity index (χ4v) is 2.59. The van der Waals surface area contributed by atoms with Gasteiger partial charge in [-0.25, -0.2) is 0 Å². The number of carbonyl (C=O) groups is 1. The Balaban J connectivity index is 1.69. The number of amides is 1. The van der Waals surface area contributed by atoms with Gasteiger partial charge in [0.05, 0.1) is 21.6 Å². The Bertz CT molecular complexity index is 1100. The quantitative estimate of drug-likeness (QED) is 0.416. The minimum atomic E-state index is -0.604. The SMILES string of the molecule is O=C(CCn1cc([N+](=O)[O-])cn1)Nc1cc(Oc2ccc(Cl)cc2)cc([N+](=O)[O-])c1. The van der Waals surface area contributed by atoms with Crippen molar-refractivity contribution >= 4 is 34.6 Å². The predicted octanol–water partition coefficient (Wildman–Crippen LogP) is 4.17. The molecular formula is C18H14ClN5O6. The van der Waals surface area contributed by atoms with Crippen molar-refractivity contribution in [3.8, 4) is 11.5 Å². The highest BCUT2D eigenvalue weighted by molar-refractivity contribution is 6.30. The van der Waals surface area contributed by atoms with Crippen molar-refractivity contribution < 1.29 is 19.4 Å². The van der Waals surface area contributed by atoms with Crippen molar-refractivity contribution in [2.75, 3.05) is 5.32 Å². The third kappa shape index (κ3) is 5.52. The number of hydrogen-bond acceptors (Lipinski definition) is 7. The summed E-state index contributed by atoms with van der Waals surface area (Å²) < 4.78 is 6.87. The Hall–Kier alpha value is -3.99. The van der Waals surface area contributed by atoms with Crippen molar-refractivity contribution in [3.05, 3.63) is 80.1 Å². The monoisotopic (exact) mass is 431 g/mol. The van der Waals surface area contributed by atoms with E-state index in [0.717, 1.165) is 6.20 Å². The third-order valence-corrected chi connectivity index (χ3v) is 4.09. The summed E-state index contributed by atoms with van der Waals surface area (Å²) in [5.41, 5.74) is -0.276. The van der Waals surface area contributed by atoms with Gasteiger partial charge in [0, 0.05) is 30.1 Å². The smallest absolute Gasteiger partial charge is 0.306 e. The number of anilines is 1. The summed E-state index contributed by atoms with van der Waals surface area (Å²) >= 11 is 5.82. The average Bonchev–Trinajstić information content (AvgIpc) is 3.17. The fourth-order valence-electron chi connectivity index (χ4n) is 2.47. The van der Waals surface area contributed by atoms with Gasteiger partial charge in [0.1, 0.15) is 23.9 Å². The molecule has 30 heavy (non-hydrogen) atoms. The van der Waals surface area contributed by atoms with E-state index < -0.39 is 15.8 Å². The number of aryl methyl sites for hydroxylation is 1. The summed E-state index contributed by atoms with van der Waals surface area (Å²) in [4.78, 5) is 32.9. The van der Waals surface area contributed by atoms with Crippen molar-refractivity contribution in [1.29, 1.82) is 0 Å². The van der Waals surface area contributed by atoms with Crippen LogP contribution < -0.4 is 10.1 Å². The largest absolute Gasteiger partial charge is 0.457 e. The van der Waals surface area contributed by atoms with E-state index in [2.05, 4.69) is 10.4 Å². The molecule has 1 heterocycles. The Kier molecular flexibility index (Phi) is 6.23. The summed E-state index contributed by atoms with van der Waals surface area (Å²) in [5.74, 6) is 0.119. The Morgan fingerprint density at radius 3 is 2.40 bits per heavy atom. The number of nitrogens with one attached hydrogen (secondary N) is 1. The molecule has 3 aromatic rings. The van der Waals surface area contributed by atoms with Gasteiger partial charge in [-0.2, -0.15) is 5.10 Å². The molecule has 0 aliphatic carbocycles. The van der Waals surface area contributed by atoms with Gasteiger partial charge < -0.3 is 10.1 Å². The van der Waals surface area contributed by atoms with Crippen molar-refractivity contribution in [2.24, 2.45) is 0 Å². The van der Waals surface area contributed by atoms with Gasteiger partial charge in [0.15, 0.2) is 0 Å². The molecule has 0 spiro atoms. The van der Waals surface area contributed by atoms with Gasteiger partial charge in [-0.3, -0.25) is 29.7 Å². The molecule has 1 N–H and O–H groups in total. The standard InChI is InChI=1S/C18H14ClN5O6/c19-12-1-3-16(4-2-12)30-17-8-13(7-14(9-17)23(26)27)21-18(25)5-6-22-11-15(10-20-22)24(28)29/h1-4,7-11H,5-6H2,(H,21,25). The number of halogens is 1. The third-order valence-electron chi connectivity index (χ3n) is 3.83. The van der Waals surface area contributed by atoms with Crippen LogP contribution in [-0.4, -0.2) is 25.5 Å². The number of nitrogens with zero attached hydrogens (tertiary/aromatic N) is 4. The molecule has 1 amide bonds. The molecule has 0 fully saturated rings. The number of nitro benzene ring substituents is 1. The molecule has 12 heteroatoms. The first-order valence-electron chi connectivity index (χ1n) is 8.50. The fraction of sp³-hybridized carbons (Fsp3) is 0.111. The van der Waals surface area contributed by atoms with Crippen LogP contribution in [0.5, 0.6) is 11.5 Å². The Morgan fingerprint density at radius 2 is 1.77 bits per heavy atom. The average molecular weight is 432 g/mol. The first kappa shape index (κ1) is 20.7. The van der Waals surface area contributed by atoms with Gasteiger partial charge in [-0.05, 0) is 24.3 Å². The molecular weight excluding hydrogens is 418 g/mol. The molecule has 154 valence electrons. The minimum absolute atomic E-state index is 0.0467. The molecule has 0 atom stereocenters. The molecule has 2 aromatic carbocycles. The van der Waals surface area contributed by atoms with Crippen LogP contribution in [0, 0.1) is 20.2 Å². The van der Waals surface area contributed by atoms with Crippen molar-refractivity contribution in [2.45, 2.75) is 13.0 Å². The Labute approximate surface area is 174 Å². The van der Waals surface area contributed by atoms with Crippen LogP contribution in [0.25, 0.3) is 0 Å². The van der Waals surface area contributed by atoms with Crippen LogP contribution >= 0.6 is 11.6 Å². The molecule has 11 nitrogen and oxygen atoms in total. The topological polar surface area (TPSA) is 142 Å². The van der Waals surface area contributed by atoms with E-state index in [1.807, 2.05) is 0 Å². The van der Waals surface area contributed by atoms with Crippen molar-refractivity contribution in [1.82, 2.24) is 9.78 Å². The molecule has 0 aliphatic heterocycles. The van der Waals surface area contributed by atoms with Gasteiger partial charge in [0.25, 0.3) is 5.69 Å². The zero-order valence-corrected chi connectivity index (χ0v) is 16.0. The normalized spacial score (nSPS) is 10.4. The number of carbonyl (C=O) groups excluding carboxylic acids is 1. The lowest BCUT2D eigenvalue weighted by Gasteiger charge is -2.10. The van der Waals surface area contributed by atoms with Crippen LogP contribution in [0.4, 0.5) is 17.1 Å². The molecule has 3 rings (SSSR count). The zero-order chi connectivity index (χ0) is 21.7. The molecule has 0 aliphatic rings. The first-order valence-corrected chi connectivity index (χ1v) is 8.87. The van der Waals surface area contributed by atoms with Crippen LogP contribution in [0.2, 0.25) is 5.02 Å². The number of hydrogen-bond donors (Lipinski definition) is 1. The maximum atomic E-state index is 12.2. The molecule has 0 saturated heterocycles. The number of non-ortho nitro benzene ring substituents is 1. The minimum Gasteiger partial charge on any atom is -0.457 e. The van der Waals surface area contributed by atoms with Gasteiger partial charge in [-0.1, -0.05) is 11.6 Å². The van der Waals surface area contributed by atoms with Crippen LogP contribution in [-0.2, 0) is 11.3 Å². The van der Waals surface area contributed by atoms with E-state index in [4.69, 9.17) is 16.3 Å². The lowest BCUT2D eigenvalue weighted by molar-refractivity contribution is -0.385. The first-order chi connectivity index (χ1) is 14.3. The zero-order valence-electron chi connectivity index (χ0n) is 15.2. The summed E-state index contributed by atoms with van der Waals surface area (Å²) in [7, 11) is 0. The molecule has 0 bridgehead atoms. The maximum absolute atomic E-state index is 12.2. The lowest BCUT2D eigenvalue weighted by atomic mass is 10.2. The van der Waals surface area contributed by atoms with E-state index >= 15 is 0 Å². The van der Waals surface area contributed by atoms with E-state index in [-0.39, 0.29) is 35.8 Å². The second kappa shape index (κ2) is 9.01. The number of nitro groups is 2. The highest BCUT2D eigenvalue weighted by atomic mass is 35.5. The molecule has 0 radical (unpaired) electrons. The van der Waals surface area contributed by atoms with Crippen LogP contribution in [0.15, 0.2) is 54.9 Å². The highest BCUT2D eigenvalue weighted by Gasteiger charge is 2.14. The summed E-state index contributed by atoms with van der Waals surface area (Å²) in [6.45, 7) is 0.0999.